The van der Waals surface area contributed by atoms with Gasteiger partial charge < -0.3 is 30.4 Å². The van der Waals surface area contributed by atoms with E-state index in [1.165, 1.54) is 13.2 Å². The second-order valence-electron chi connectivity index (χ2n) is 7.05. The van der Waals surface area contributed by atoms with Crippen LogP contribution in [0.3, 0.4) is 0 Å². The number of unbranched alkanes of at least 4 members (excludes halogenated alkanes) is 3. The predicted octanol–water partition coefficient (Wildman–Crippen LogP) is 3.84. The minimum absolute atomic E-state index is 0.336. The largest absolute Gasteiger partial charge is 0.493 e. The smallest absolute Gasteiger partial charge is 0.338 e. The molecule has 2 aromatic rings. The first-order valence-corrected chi connectivity index (χ1v) is 10.3. The lowest BCUT2D eigenvalue weighted by Crippen LogP contribution is -2.08. The van der Waals surface area contributed by atoms with Crippen molar-refractivity contribution >= 4 is 29.4 Å². The van der Waals surface area contributed by atoms with Gasteiger partial charge in [0.05, 0.1) is 33.0 Å². The third-order valence-electron chi connectivity index (χ3n) is 4.54. The molecule has 172 valence electrons. The summed E-state index contributed by atoms with van der Waals surface area (Å²) in [7, 11) is 2.89. The number of esters is 2. The first-order chi connectivity index (χ1) is 15.4. The molecule has 0 amide bonds. The summed E-state index contributed by atoms with van der Waals surface area (Å²) >= 11 is 0. The van der Waals surface area contributed by atoms with Crippen molar-refractivity contribution in [2.45, 2.75) is 25.7 Å². The Balaban J connectivity index is 1.65. The van der Waals surface area contributed by atoms with E-state index in [1.807, 2.05) is 6.07 Å². The van der Waals surface area contributed by atoms with E-state index in [0.717, 1.165) is 31.2 Å². The predicted molar refractivity (Wildman–Crippen MR) is 124 cm³/mol. The Morgan fingerprint density at radius 3 is 2.22 bits per heavy atom. The van der Waals surface area contributed by atoms with E-state index >= 15 is 0 Å². The van der Waals surface area contributed by atoms with E-state index in [-0.39, 0.29) is 0 Å². The molecule has 0 heterocycles. The van der Waals surface area contributed by atoms with Crippen LogP contribution in [0.5, 0.6) is 11.5 Å². The number of nitrogens with two attached hydrogens (primary N) is 2. The second kappa shape index (κ2) is 12.9. The highest BCUT2D eigenvalue weighted by Crippen LogP contribution is 2.28. The van der Waals surface area contributed by atoms with Gasteiger partial charge in [-0.2, -0.15) is 0 Å². The molecule has 0 bridgehead atoms. The highest BCUT2D eigenvalue weighted by atomic mass is 16.5. The van der Waals surface area contributed by atoms with Gasteiger partial charge in [0.2, 0.25) is 0 Å². The molecule has 0 spiro atoms. The van der Waals surface area contributed by atoms with Crippen molar-refractivity contribution in [1.29, 1.82) is 0 Å². The SMILES string of the molecule is COC(=O)/C=C/c1ccc(OCCCCCCOC(=O)c2cc(N)cc(N)c2)c(OC)c1. The summed E-state index contributed by atoms with van der Waals surface area (Å²) in [5.41, 5.74) is 13.4. The van der Waals surface area contributed by atoms with Gasteiger partial charge in [0.15, 0.2) is 11.5 Å². The summed E-state index contributed by atoms with van der Waals surface area (Å²) in [5.74, 6) is 0.377. The lowest BCUT2D eigenvalue weighted by molar-refractivity contribution is -0.134. The molecule has 8 heteroatoms. The normalized spacial score (nSPS) is 10.7. The molecular formula is C24H30N2O6. The average molecular weight is 443 g/mol. The van der Waals surface area contributed by atoms with Crippen molar-refractivity contribution in [3.8, 4) is 11.5 Å². The van der Waals surface area contributed by atoms with Crippen LogP contribution in [-0.2, 0) is 14.3 Å². The summed E-state index contributed by atoms with van der Waals surface area (Å²) in [4.78, 5) is 23.2. The molecule has 0 fully saturated rings. The fourth-order valence-electron chi connectivity index (χ4n) is 2.92. The van der Waals surface area contributed by atoms with Gasteiger partial charge in [-0.25, -0.2) is 9.59 Å². The molecule has 32 heavy (non-hydrogen) atoms. The molecule has 0 unspecified atom stereocenters. The number of carbonyl (C=O) groups excluding carboxylic acids is 2. The highest BCUT2D eigenvalue weighted by molar-refractivity contribution is 5.91. The number of hydrogen-bond donors (Lipinski definition) is 2. The molecule has 0 aromatic heterocycles. The van der Waals surface area contributed by atoms with Crippen molar-refractivity contribution in [1.82, 2.24) is 0 Å². The van der Waals surface area contributed by atoms with Crippen molar-refractivity contribution < 1.29 is 28.5 Å². The van der Waals surface area contributed by atoms with E-state index < -0.39 is 11.9 Å². The van der Waals surface area contributed by atoms with Gasteiger partial charge >= 0.3 is 11.9 Å². The molecule has 0 aliphatic carbocycles. The molecule has 0 aliphatic heterocycles. The number of anilines is 2. The maximum Gasteiger partial charge on any atom is 0.338 e. The van der Waals surface area contributed by atoms with Crippen LogP contribution < -0.4 is 20.9 Å². The Kier molecular flexibility index (Phi) is 9.90. The number of ether oxygens (including phenoxy) is 4. The molecule has 4 N–H and O–H groups in total. The zero-order valence-corrected chi connectivity index (χ0v) is 18.5. The fourth-order valence-corrected chi connectivity index (χ4v) is 2.92. The van der Waals surface area contributed by atoms with Gasteiger partial charge in [-0.3, -0.25) is 0 Å². The summed E-state index contributed by atoms with van der Waals surface area (Å²) in [6.07, 6.45) is 6.44. The van der Waals surface area contributed by atoms with Gasteiger partial charge in [0, 0.05) is 17.5 Å². The van der Waals surface area contributed by atoms with Crippen LogP contribution in [0.2, 0.25) is 0 Å². The van der Waals surface area contributed by atoms with Crippen LogP contribution in [0.1, 0.15) is 41.6 Å². The van der Waals surface area contributed by atoms with Crippen molar-refractivity contribution in [2.75, 3.05) is 38.9 Å². The average Bonchev–Trinajstić information content (AvgIpc) is 2.78. The Labute approximate surface area is 188 Å². The third-order valence-corrected chi connectivity index (χ3v) is 4.54. The molecular weight excluding hydrogens is 412 g/mol. The lowest BCUT2D eigenvalue weighted by atomic mass is 10.1. The Hall–Kier alpha value is -3.68. The monoisotopic (exact) mass is 442 g/mol. The van der Waals surface area contributed by atoms with Gasteiger partial charge in [-0.1, -0.05) is 6.07 Å². The first-order valence-electron chi connectivity index (χ1n) is 10.3. The molecule has 0 radical (unpaired) electrons. The number of benzene rings is 2. The number of rotatable bonds is 12. The molecule has 0 saturated heterocycles. The number of carbonyl (C=O) groups is 2. The van der Waals surface area contributed by atoms with Crippen molar-refractivity contribution in [3.63, 3.8) is 0 Å². The quantitative estimate of drug-likeness (QED) is 0.220. The Morgan fingerprint density at radius 1 is 0.875 bits per heavy atom. The first kappa shape index (κ1) is 24.6. The number of hydrogen-bond acceptors (Lipinski definition) is 8. The summed E-state index contributed by atoms with van der Waals surface area (Å²) in [6.45, 7) is 0.874. The molecule has 8 nitrogen and oxygen atoms in total. The van der Waals surface area contributed by atoms with Crippen molar-refractivity contribution in [3.05, 3.63) is 53.6 Å². The Morgan fingerprint density at radius 2 is 1.56 bits per heavy atom. The highest BCUT2D eigenvalue weighted by Gasteiger charge is 2.09. The van der Waals surface area contributed by atoms with Gasteiger partial charge in [0.25, 0.3) is 0 Å². The zero-order chi connectivity index (χ0) is 23.3. The summed E-state index contributed by atoms with van der Waals surface area (Å²) in [6, 6.07) is 10.1. The summed E-state index contributed by atoms with van der Waals surface area (Å²) < 4.78 is 21.0. The Bertz CT molecular complexity index is 922. The molecule has 0 saturated carbocycles. The van der Waals surface area contributed by atoms with Crippen LogP contribution in [0.15, 0.2) is 42.5 Å². The standard InChI is InChI=1S/C24H30N2O6/c1-29-22-13-17(8-10-23(27)30-2)7-9-21(22)31-11-5-3-4-6-12-32-24(28)18-14-19(25)16-20(26)15-18/h7-10,13-16H,3-6,11-12,25-26H2,1-2H3/b10-8+. The molecule has 0 atom stereocenters. The third kappa shape index (κ3) is 8.22. The number of methoxy groups -OCH3 is 2. The molecule has 2 rings (SSSR count). The fraction of sp³-hybridized carbons (Fsp3) is 0.333. The maximum atomic E-state index is 12.0. The van der Waals surface area contributed by atoms with Crippen LogP contribution in [0.25, 0.3) is 6.08 Å². The second-order valence-corrected chi connectivity index (χ2v) is 7.05. The van der Waals surface area contributed by atoms with Crippen LogP contribution in [0.4, 0.5) is 11.4 Å². The van der Waals surface area contributed by atoms with Crippen LogP contribution >= 0.6 is 0 Å². The minimum Gasteiger partial charge on any atom is -0.493 e. The maximum absolute atomic E-state index is 12.0. The van der Waals surface area contributed by atoms with Crippen molar-refractivity contribution in [2.24, 2.45) is 0 Å². The van der Waals surface area contributed by atoms with Gasteiger partial charge in [-0.15, -0.1) is 0 Å². The van der Waals surface area contributed by atoms with E-state index in [1.54, 1.807) is 43.5 Å². The summed E-state index contributed by atoms with van der Waals surface area (Å²) in [5, 5.41) is 0. The molecule has 2 aromatic carbocycles. The molecule has 0 aliphatic rings. The number of nitrogen functional groups attached to an aromatic ring is 2. The van der Waals surface area contributed by atoms with E-state index in [9.17, 15) is 9.59 Å². The lowest BCUT2D eigenvalue weighted by Gasteiger charge is -2.11. The van der Waals surface area contributed by atoms with Gasteiger partial charge in [-0.05, 0) is 67.7 Å². The van der Waals surface area contributed by atoms with E-state index in [2.05, 4.69) is 4.74 Å². The van der Waals surface area contributed by atoms with E-state index in [4.69, 9.17) is 25.7 Å². The van der Waals surface area contributed by atoms with Gasteiger partial charge in [0.1, 0.15) is 0 Å². The minimum atomic E-state index is -0.427. The van der Waals surface area contributed by atoms with E-state index in [0.29, 0.717) is 41.7 Å². The van der Waals surface area contributed by atoms with Crippen LogP contribution in [0, 0.1) is 0 Å². The zero-order valence-electron chi connectivity index (χ0n) is 18.5. The van der Waals surface area contributed by atoms with Crippen LogP contribution in [-0.4, -0.2) is 39.4 Å². The topological polar surface area (TPSA) is 123 Å².